The molecule has 0 spiro atoms. The Kier molecular flexibility index (Phi) is 2.72. The molecule has 4 aromatic rings. The van der Waals surface area contributed by atoms with Crippen LogP contribution >= 0.6 is 0 Å². The van der Waals surface area contributed by atoms with E-state index in [0.717, 1.165) is 16.4 Å². The van der Waals surface area contributed by atoms with Crippen molar-refractivity contribution < 1.29 is 9.18 Å². The van der Waals surface area contributed by atoms with Gasteiger partial charge < -0.3 is 4.98 Å². The van der Waals surface area contributed by atoms with Crippen molar-refractivity contribution in [1.82, 2.24) is 15.0 Å². The van der Waals surface area contributed by atoms with Crippen molar-refractivity contribution in [2.75, 3.05) is 0 Å². The number of para-hydroxylation sites is 1. The van der Waals surface area contributed by atoms with Crippen LogP contribution in [0.4, 0.5) is 4.39 Å². The number of pyridine rings is 1. The fraction of sp³-hybridized carbons (Fsp3) is 0. The van der Waals surface area contributed by atoms with Gasteiger partial charge in [-0.25, -0.2) is 9.37 Å². The molecule has 0 bridgehead atoms. The van der Waals surface area contributed by atoms with Crippen LogP contribution in [-0.4, -0.2) is 20.7 Å². The van der Waals surface area contributed by atoms with Gasteiger partial charge in [-0.1, -0.05) is 18.2 Å². The molecule has 2 heterocycles. The first kappa shape index (κ1) is 12.6. The predicted molar refractivity (Wildman–Crippen MR) is 81.2 cm³/mol. The van der Waals surface area contributed by atoms with E-state index in [4.69, 9.17) is 0 Å². The lowest BCUT2D eigenvalue weighted by atomic mass is 10.1. The topological polar surface area (TPSA) is 58.6 Å². The number of ketones is 1. The van der Waals surface area contributed by atoms with Gasteiger partial charge in [-0.3, -0.25) is 9.78 Å². The lowest BCUT2D eigenvalue weighted by molar-refractivity contribution is 0.103. The van der Waals surface area contributed by atoms with Gasteiger partial charge in [0.15, 0.2) is 5.82 Å². The largest absolute Gasteiger partial charge is 0.335 e. The summed E-state index contributed by atoms with van der Waals surface area (Å²) < 4.78 is 13.0. The molecule has 22 heavy (non-hydrogen) atoms. The first-order valence-electron chi connectivity index (χ1n) is 6.76. The molecule has 2 aromatic carbocycles. The highest BCUT2D eigenvalue weighted by Gasteiger charge is 2.15. The van der Waals surface area contributed by atoms with Crippen molar-refractivity contribution in [3.05, 3.63) is 71.9 Å². The van der Waals surface area contributed by atoms with Gasteiger partial charge >= 0.3 is 0 Å². The summed E-state index contributed by atoms with van der Waals surface area (Å²) in [6, 6.07) is 13.0. The molecule has 2 aromatic heterocycles. The number of nitrogens with one attached hydrogen (secondary N) is 1. The molecule has 1 N–H and O–H groups in total. The monoisotopic (exact) mass is 291 g/mol. The summed E-state index contributed by atoms with van der Waals surface area (Å²) >= 11 is 0. The molecule has 5 heteroatoms. The van der Waals surface area contributed by atoms with Crippen molar-refractivity contribution in [2.45, 2.75) is 0 Å². The molecule has 0 amide bonds. The van der Waals surface area contributed by atoms with Crippen LogP contribution in [0.15, 0.2) is 54.7 Å². The number of benzene rings is 2. The number of rotatable bonds is 2. The summed E-state index contributed by atoms with van der Waals surface area (Å²) in [7, 11) is 0. The van der Waals surface area contributed by atoms with E-state index in [1.54, 1.807) is 6.20 Å². The number of nitrogens with zero attached hydrogens (tertiary/aromatic N) is 2. The molecule has 0 atom stereocenters. The average molecular weight is 291 g/mol. The molecule has 0 saturated heterocycles. The van der Waals surface area contributed by atoms with E-state index in [9.17, 15) is 9.18 Å². The number of hydrogen-bond donors (Lipinski definition) is 1. The van der Waals surface area contributed by atoms with Gasteiger partial charge in [-0.2, -0.15) is 0 Å². The Bertz CT molecular complexity index is 1010. The highest BCUT2D eigenvalue weighted by molar-refractivity contribution is 6.10. The summed E-state index contributed by atoms with van der Waals surface area (Å²) in [5, 5.41) is 0.908. The number of imidazole rings is 1. The standard InChI is InChI=1S/C17H10FN3O/c18-11-7-5-10(6-8-11)16(22)17-20-14-9-19-13-4-2-1-3-12(13)15(14)21-17/h1-9H,(H,20,21). The quantitative estimate of drug-likeness (QED) is 0.575. The number of carbonyl (C=O) groups excluding carboxylic acids is 1. The molecule has 4 nitrogen and oxygen atoms in total. The third-order valence-corrected chi connectivity index (χ3v) is 3.55. The maximum Gasteiger partial charge on any atom is 0.228 e. The van der Waals surface area contributed by atoms with E-state index in [-0.39, 0.29) is 17.4 Å². The Morgan fingerprint density at radius 3 is 2.59 bits per heavy atom. The molecule has 0 aliphatic rings. The Hall–Kier alpha value is -3.08. The molecule has 0 fully saturated rings. The van der Waals surface area contributed by atoms with E-state index < -0.39 is 0 Å². The molecule has 0 unspecified atom stereocenters. The Morgan fingerprint density at radius 1 is 1.00 bits per heavy atom. The second kappa shape index (κ2) is 4.73. The molecule has 4 rings (SSSR count). The second-order valence-corrected chi connectivity index (χ2v) is 4.96. The minimum Gasteiger partial charge on any atom is -0.335 e. The van der Waals surface area contributed by atoms with E-state index in [2.05, 4.69) is 15.0 Å². The minimum absolute atomic E-state index is 0.222. The second-order valence-electron chi connectivity index (χ2n) is 4.96. The molecular formula is C17H10FN3O. The SMILES string of the molecule is O=C(c1ccc(F)cc1)c1nc2cnc3ccccc3c2[nH]1. The normalized spacial score (nSPS) is 11.1. The van der Waals surface area contributed by atoms with Crippen molar-refractivity contribution in [1.29, 1.82) is 0 Å². The number of hydrogen-bond acceptors (Lipinski definition) is 3. The molecule has 0 radical (unpaired) electrons. The van der Waals surface area contributed by atoms with E-state index in [0.29, 0.717) is 11.1 Å². The zero-order chi connectivity index (χ0) is 15.1. The summed E-state index contributed by atoms with van der Waals surface area (Å²) in [5.74, 6) is -0.434. The number of aromatic amines is 1. The van der Waals surface area contributed by atoms with Crippen molar-refractivity contribution in [3.63, 3.8) is 0 Å². The molecular weight excluding hydrogens is 281 g/mol. The van der Waals surface area contributed by atoms with Crippen LogP contribution in [0.5, 0.6) is 0 Å². The zero-order valence-electron chi connectivity index (χ0n) is 11.4. The van der Waals surface area contributed by atoms with Gasteiger partial charge in [0, 0.05) is 10.9 Å². The first-order chi connectivity index (χ1) is 10.7. The van der Waals surface area contributed by atoms with Gasteiger partial charge in [-0.15, -0.1) is 0 Å². The minimum atomic E-state index is -0.378. The van der Waals surface area contributed by atoms with Gasteiger partial charge in [-0.05, 0) is 30.3 Å². The van der Waals surface area contributed by atoms with Gasteiger partial charge in [0.2, 0.25) is 5.78 Å². The molecule has 0 aliphatic carbocycles. The van der Waals surface area contributed by atoms with Crippen molar-refractivity contribution in [2.24, 2.45) is 0 Å². The summed E-state index contributed by atoms with van der Waals surface area (Å²) in [5.41, 5.74) is 2.62. The van der Waals surface area contributed by atoms with E-state index >= 15 is 0 Å². The maximum atomic E-state index is 13.0. The first-order valence-corrected chi connectivity index (χ1v) is 6.76. The van der Waals surface area contributed by atoms with Crippen LogP contribution in [0, 0.1) is 5.82 Å². The smallest absolute Gasteiger partial charge is 0.228 e. The van der Waals surface area contributed by atoms with Crippen LogP contribution in [0.2, 0.25) is 0 Å². The van der Waals surface area contributed by atoms with Gasteiger partial charge in [0.25, 0.3) is 0 Å². The maximum absolute atomic E-state index is 13.0. The third-order valence-electron chi connectivity index (χ3n) is 3.55. The molecule has 0 saturated carbocycles. The fourth-order valence-corrected chi connectivity index (χ4v) is 2.46. The van der Waals surface area contributed by atoms with Crippen LogP contribution in [0.1, 0.15) is 16.2 Å². The summed E-state index contributed by atoms with van der Waals surface area (Å²) in [4.78, 5) is 24.1. The molecule has 0 aliphatic heterocycles. The number of carbonyl (C=O) groups is 1. The predicted octanol–water partition coefficient (Wildman–Crippen LogP) is 3.48. The Morgan fingerprint density at radius 2 is 1.77 bits per heavy atom. The van der Waals surface area contributed by atoms with E-state index in [1.165, 1.54) is 24.3 Å². The summed E-state index contributed by atoms with van der Waals surface area (Å²) in [6.07, 6.45) is 1.63. The third kappa shape index (κ3) is 1.95. The number of aromatic nitrogens is 3. The number of halogens is 1. The van der Waals surface area contributed by atoms with Crippen LogP contribution in [0.25, 0.3) is 21.9 Å². The van der Waals surface area contributed by atoms with Gasteiger partial charge in [0.05, 0.1) is 17.2 Å². The number of H-pyrrole nitrogens is 1. The average Bonchev–Trinajstić information content (AvgIpc) is 2.99. The Balaban J connectivity index is 1.87. The van der Waals surface area contributed by atoms with Crippen LogP contribution < -0.4 is 0 Å². The highest BCUT2D eigenvalue weighted by Crippen LogP contribution is 2.22. The molecule has 106 valence electrons. The Labute approximate surface area is 124 Å². The van der Waals surface area contributed by atoms with Gasteiger partial charge in [0.1, 0.15) is 11.3 Å². The van der Waals surface area contributed by atoms with E-state index in [1.807, 2.05) is 24.3 Å². The highest BCUT2D eigenvalue weighted by atomic mass is 19.1. The van der Waals surface area contributed by atoms with Crippen LogP contribution in [-0.2, 0) is 0 Å². The van der Waals surface area contributed by atoms with Crippen molar-refractivity contribution >= 4 is 27.7 Å². The fourth-order valence-electron chi connectivity index (χ4n) is 2.46. The lowest BCUT2D eigenvalue weighted by Crippen LogP contribution is -2.03. The zero-order valence-corrected chi connectivity index (χ0v) is 11.4. The lowest BCUT2D eigenvalue weighted by Gasteiger charge is -1.97. The van der Waals surface area contributed by atoms with Crippen molar-refractivity contribution in [3.8, 4) is 0 Å². The summed E-state index contributed by atoms with van der Waals surface area (Å²) in [6.45, 7) is 0. The van der Waals surface area contributed by atoms with Crippen LogP contribution in [0.3, 0.4) is 0 Å². The number of fused-ring (bicyclic) bond motifs is 3.